The number of alkyl halides is 3. The molecular weight excluding hydrogens is 353 g/mol. The Labute approximate surface area is 148 Å². The van der Waals surface area contributed by atoms with Gasteiger partial charge in [-0.05, 0) is 25.8 Å². The van der Waals surface area contributed by atoms with Gasteiger partial charge in [-0.25, -0.2) is 9.97 Å². The summed E-state index contributed by atoms with van der Waals surface area (Å²) in [6, 6.07) is 0.853. The first-order chi connectivity index (χ1) is 12.2. The number of carbonyl (C=O) groups excluding carboxylic acids is 2. The van der Waals surface area contributed by atoms with Crippen LogP contribution in [0.4, 0.5) is 13.2 Å². The zero-order valence-corrected chi connectivity index (χ0v) is 14.6. The third-order valence-electron chi connectivity index (χ3n) is 4.02. The van der Waals surface area contributed by atoms with Gasteiger partial charge in [-0.1, -0.05) is 0 Å². The van der Waals surface area contributed by atoms with Crippen molar-refractivity contribution in [2.75, 3.05) is 26.8 Å². The van der Waals surface area contributed by atoms with Crippen molar-refractivity contribution in [3.63, 3.8) is 0 Å². The third kappa shape index (κ3) is 5.38. The Balaban J connectivity index is 1.96. The van der Waals surface area contributed by atoms with Gasteiger partial charge >= 0.3 is 6.18 Å². The number of ether oxygens (including phenoxy) is 1. The summed E-state index contributed by atoms with van der Waals surface area (Å²) in [6.45, 7) is 2.00. The van der Waals surface area contributed by atoms with Crippen LogP contribution >= 0.6 is 0 Å². The Kier molecular flexibility index (Phi) is 6.52. The number of hydrogen-bond donors (Lipinski definition) is 1. The van der Waals surface area contributed by atoms with E-state index < -0.39 is 17.8 Å². The second-order valence-corrected chi connectivity index (χ2v) is 6.14. The van der Waals surface area contributed by atoms with Gasteiger partial charge in [0.05, 0.1) is 12.5 Å². The standard InChI is InChI=1S/C16H21F3N4O3/c1-10-6-12(16(17,18)19)22-13(21-10)7-20-15(25)11-4-3-5-23(8-11)14(24)9-26-2/h6,11H,3-5,7-9H2,1-2H3,(H,20,25)/t11-/m1/s1. The van der Waals surface area contributed by atoms with E-state index in [1.54, 1.807) is 4.90 Å². The number of likely N-dealkylation sites (tertiary alicyclic amines) is 1. The van der Waals surface area contributed by atoms with Crippen LogP contribution in [0.3, 0.4) is 0 Å². The Morgan fingerprint density at radius 2 is 2.12 bits per heavy atom. The lowest BCUT2D eigenvalue weighted by Gasteiger charge is -2.31. The van der Waals surface area contributed by atoms with E-state index >= 15 is 0 Å². The minimum absolute atomic E-state index is 0.0499. The first-order valence-electron chi connectivity index (χ1n) is 8.17. The fourth-order valence-corrected chi connectivity index (χ4v) is 2.80. The summed E-state index contributed by atoms with van der Waals surface area (Å²) in [5, 5.41) is 2.57. The molecule has 1 atom stereocenters. The molecule has 2 rings (SSSR count). The molecule has 1 aliphatic rings. The topological polar surface area (TPSA) is 84.4 Å². The van der Waals surface area contributed by atoms with Gasteiger partial charge in [-0.3, -0.25) is 9.59 Å². The third-order valence-corrected chi connectivity index (χ3v) is 4.02. The van der Waals surface area contributed by atoms with Crippen molar-refractivity contribution in [3.05, 3.63) is 23.3 Å². The second-order valence-electron chi connectivity index (χ2n) is 6.14. The molecule has 1 aliphatic heterocycles. The lowest BCUT2D eigenvalue weighted by atomic mass is 9.97. The largest absolute Gasteiger partial charge is 0.433 e. The number of rotatable bonds is 5. The Morgan fingerprint density at radius 3 is 2.77 bits per heavy atom. The Morgan fingerprint density at radius 1 is 1.38 bits per heavy atom. The molecular formula is C16H21F3N4O3. The first-order valence-corrected chi connectivity index (χ1v) is 8.17. The van der Waals surface area contributed by atoms with Crippen LogP contribution in [0, 0.1) is 12.8 Å². The van der Waals surface area contributed by atoms with Crippen molar-refractivity contribution in [2.45, 2.75) is 32.5 Å². The maximum Gasteiger partial charge on any atom is 0.433 e. The van der Waals surface area contributed by atoms with Gasteiger partial charge in [0.2, 0.25) is 11.8 Å². The molecule has 0 aliphatic carbocycles. The molecule has 0 unspecified atom stereocenters. The van der Waals surface area contributed by atoms with Crippen LogP contribution in [-0.2, 0) is 27.0 Å². The SMILES string of the molecule is COCC(=O)N1CCC[C@@H](C(=O)NCc2nc(C)cc(C(F)(F)F)n2)C1. The van der Waals surface area contributed by atoms with E-state index in [-0.39, 0.29) is 43.0 Å². The molecule has 1 N–H and O–H groups in total. The van der Waals surface area contributed by atoms with Gasteiger partial charge in [-0.2, -0.15) is 13.2 Å². The number of piperidine rings is 1. The van der Waals surface area contributed by atoms with Gasteiger partial charge in [0.25, 0.3) is 0 Å². The summed E-state index contributed by atoms with van der Waals surface area (Å²) in [5.74, 6) is -1.05. The number of nitrogens with one attached hydrogen (secondary N) is 1. The summed E-state index contributed by atoms with van der Waals surface area (Å²) >= 11 is 0. The number of amides is 2. The van der Waals surface area contributed by atoms with Gasteiger partial charge in [0.1, 0.15) is 18.1 Å². The van der Waals surface area contributed by atoms with Crippen molar-refractivity contribution in [3.8, 4) is 0 Å². The van der Waals surface area contributed by atoms with Crippen LogP contribution in [0.15, 0.2) is 6.07 Å². The second kappa shape index (κ2) is 8.43. The van der Waals surface area contributed by atoms with E-state index in [9.17, 15) is 22.8 Å². The highest BCUT2D eigenvalue weighted by Gasteiger charge is 2.33. The van der Waals surface area contributed by atoms with Crippen LogP contribution in [-0.4, -0.2) is 53.5 Å². The molecule has 1 aromatic rings. The summed E-state index contributed by atoms with van der Waals surface area (Å²) in [5.41, 5.74) is -0.867. The number of nitrogens with zero attached hydrogens (tertiary/aromatic N) is 3. The normalized spacial score (nSPS) is 17.9. The molecule has 1 aromatic heterocycles. The minimum Gasteiger partial charge on any atom is -0.375 e. The molecule has 0 radical (unpaired) electrons. The number of methoxy groups -OCH3 is 1. The maximum atomic E-state index is 12.8. The molecule has 0 saturated carbocycles. The molecule has 10 heteroatoms. The molecule has 0 aromatic carbocycles. The summed E-state index contributed by atoms with van der Waals surface area (Å²) in [4.78, 5) is 33.1. The molecule has 0 spiro atoms. The lowest BCUT2D eigenvalue weighted by molar-refractivity contribution is -0.141. The van der Waals surface area contributed by atoms with E-state index in [1.165, 1.54) is 14.0 Å². The highest BCUT2D eigenvalue weighted by Crippen LogP contribution is 2.27. The van der Waals surface area contributed by atoms with Gasteiger partial charge in [0.15, 0.2) is 0 Å². The van der Waals surface area contributed by atoms with E-state index in [4.69, 9.17) is 4.74 Å². The molecule has 0 bridgehead atoms. The smallest absolute Gasteiger partial charge is 0.375 e. The van der Waals surface area contributed by atoms with Gasteiger partial charge in [-0.15, -0.1) is 0 Å². The van der Waals surface area contributed by atoms with Crippen molar-refractivity contribution in [1.82, 2.24) is 20.2 Å². The molecule has 144 valence electrons. The van der Waals surface area contributed by atoms with Crippen LogP contribution < -0.4 is 5.32 Å². The predicted octanol–water partition coefficient (Wildman–Crippen LogP) is 1.31. The average molecular weight is 374 g/mol. The molecule has 26 heavy (non-hydrogen) atoms. The number of hydrogen-bond acceptors (Lipinski definition) is 5. The van der Waals surface area contributed by atoms with Crippen molar-refractivity contribution in [1.29, 1.82) is 0 Å². The maximum absolute atomic E-state index is 12.8. The molecule has 1 saturated heterocycles. The summed E-state index contributed by atoms with van der Waals surface area (Å²) in [6.07, 6.45) is -3.30. The van der Waals surface area contributed by atoms with Crippen molar-refractivity contribution in [2.24, 2.45) is 5.92 Å². The highest BCUT2D eigenvalue weighted by molar-refractivity contribution is 5.81. The Hall–Kier alpha value is -2.23. The number of halogens is 3. The molecule has 2 heterocycles. The van der Waals surface area contributed by atoms with Crippen LogP contribution in [0.25, 0.3) is 0 Å². The van der Waals surface area contributed by atoms with Gasteiger partial charge < -0.3 is 15.0 Å². The van der Waals surface area contributed by atoms with Crippen LogP contribution in [0.2, 0.25) is 0 Å². The monoisotopic (exact) mass is 374 g/mol. The fraction of sp³-hybridized carbons (Fsp3) is 0.625. The Bertz CT molecular complexity index is 667. The first kappa shape index (κ1) is 20.1. The van der Waals surface area contributed by atoms with E-state index in [0.29, 0.717) is 19.4 Å². The zero-order valence-electron chi connectivity index (χ0n) is 14.6. The molecule has 7 nitrogen and oxygen atoms in total. The lowest BCUT2D eigenvalue weighted by Crippen LogP contribution is -2.46. The van der Waals surface area contributed by atoms with E-state index in [2.05, 4.69) is 15.3 Å². The predicted molar refractivity (Wildman–Crippen MR) is 84.8 cm³/mol. The van der Waals surface area contributed by atoms with Gasteiger partial charge in [0, 0.05) is 25.9 Å². The van der Waals surface area contributed by atoms with E-state index in [1.807, 2.05) is 0 Å². The van der Waals surface area contributed by atoms with Crippen LogP contribution in [0.5, 0.6) is 0 Å². The van der Waals surface area contributed by atoms with Crippen molar-refractivity contribution < 1.29 is 27.5 Å². The number of carbonyl (C=O) groups is 2. The zero-order chi connectivity index (χ0) is 19.3. The fourth-order valence-electron chi connectivity index (χ4n) is 2.80. The molecule has 1 fully saturated rings. The van der Waals surface area contributed by atoms with E-state index in [0.717, 1.165) is 6.07 Å². The minimum atomic E-state index is -4.57. The van der Waals surface area contributed by atoms with Crippen molar-refractivity contribution >= 4 is 11.8 Å². The van der Waals surface area contributed by atoms with Crippen LogP contribution in [0.1, 0.15) is 30.1 Å². The molecule has 2 amide bonds. The summed E-state index contributed by atoms with van der Waals surface area (Å²) in [7, 11) is 1.42. The highest BCUT2D eigenvalue weighted by atomic mass is 19.4. The number of aromatic nitrogens is 2. The number of aryl methyl sites for hydroxylation is 1. The average Bonchev–Trinajstić information content (AvgIpc) is 2.59. The summed E-state index contributed by atoms with van der Waals surface area (Å²) < 4.78 is 43.2. The quantitative estimate of drug-likeness (QED) is 0.840.